The lowest BCUT2D eigenvalue weighted by atomic mass is 9.63. The molecule has 0 aromatic carbocycles. The Morgan fingerprint density at radius 2 is 1.84 bits per heavy atom. The van der Waals surface area contributed by atoms with E-state index in [9.17, 15) is 9.59 Å². The van der Waals surface area contributed by atoms with Crippen molar-refractivity contribution in [2.45, 2.75) is 52.4 Å². The number of hydrogen-bond acceptors (Lipinski definition) is 2. The molecule has 1 saturated carbocycles. The quantitative estimate of drug-likeness (QED) is 0.851. The van der Waals surface area contributed by atoms with E-state index in [1.165, 1.54) is 0 Å². The molecule has 2 aliphatic rings. The number of carboxylic acid groups (broad SMARTS) is 1. The van der Waals surface area contributed by atoms with E-state index < -0.39 is 5.97 Å². The summed E-state index contributed by atoms with van der Waals surface area (Å²) in [6, 6.07) is 0. The largest absolute Gasteiger partial charge is 0.481 e. The zero-order valence-corrected chi connectivity index (χ0v) is 12.0. The summed E-state index contributed by atoms with van der Waals surface area (Å²) in [6.45, 7) is 5.58. The molecule has 0 spiro atoms. The zero-order valence-electron chi connectivity index (χ0n) is 12.0. The molecule has 108 valence electrons. The minimum Gasteiger partial charge on any atom is -0.481 e. The average molecular weight is 267 g/mol. The van der Waals surface area contributed by atoms with Crippen LogP contribution in [-0.4, -0.2) is 35.0 Å². The van der Waals surface area contributed by atoms with Crippen LogP contribution in [0, 0.1) is 17.3 Å². The number of piperidine rings is 1. The molecule has 0 aromatic rings. The SMILES string of the molecule is CC(C)CC1(C(=O)N2CCC(C(=O)O)CC2)CCC1. The van der Waals surface area contributed by atoms with Gasteiger partial charge in [-0.1, -0.05) is 20.3 Å². The van der Waals surface area contributed by atoms with Crippen molar-refractivity contribution in [1.82, 2.24) is 4.90 Å². The third-order valence-corrected chi connectivity index (χ3v) is 4.69. The maximum atomic E-state index is 12.7. The number of likely N-dealkylation sites (tertiary alicyclic amines) is 1. The molecule has 0 unspecified atom stereocenters. The fourth-order valence-corrected chi connectivity index (χ4v) is 3.56. The molecule has 0 bridgehead atoms. The summed E-state index contributed by atoms with van der Waals surface area (Å²) < 4.78 is 0. The first-order valence-electron chi connectivity index (χ1n) is 7.47. The highest BCUT2D eigenvalue weighted by atomic mass is 16.4. The molecule has 1 amide bonds. The van der Waals surface area contributed by atoms with Crippen LogP contribution in [0.2, 0.25) is 0 Å². The minimum absolute atomic E-state index is 0.121. The van der Waals surface area contributed by atoms with Crippen molar-refractivity contribution in [3.8, 4) is 0 Å². The third-order valence-electron chi connectivity index (χ3n) is 4.69. The highest BCUT2D eigenvalue weighted by Crippen LogP contribution is 2.47. The minimum atomic E-state index is -0.715. The molecule has 2 rings (SSSR count). The normalized spacial score (nSPS) is 23.2. The summed E-state index contributed by atoms with van der Waals surface area (Å²) in [7, 11) is 0. The van der Waals surface area contributed by atoms with Crippen molar-refractivity contribution >= 4 is 11.9 Å². The lowest BCUT2D eigenvalue weighted by molar-refractivity contribution is -0.153. The first-order chi connectivity index (χ1) is 8.94. The topological polar surface area (TPSA) is 57.6 Å². The van der Waals surface area contributed by atoms with E-state index in [0.717, 1.165) is 25.7 Å². The molecular weight excluding hydrogens is 242 g/mol. The van der Waals surface area contributed by atoms with Crippen LogP contribution in [0.25, 0.3) is 0 Å². The first kappa shape index (κ1) is 14.4. The van der Waals surface area contributed by atoms with Crippen molar-refractivity contribution < 1.29 is 14.7 Å². The number of amides is 1. The van der Waals surface area contributed by atoms with Gasteiger partial charge >= 0.3 is 5.97 Å². The molecule has 1 N–H and O–H groups in total. The monoisotopic (exact) mass is 267 g/mol. The molecule has 4 nitrogen and oxygen atoms in total. The van der Waals surface area contributed by atoms with Gasteiger partial charge in [0.05, 0.1) is 5.92 Å². The van der Waals surface area contributed by atoms with E-state index in [-0.39, 0.29) is 17.2 Å². The smallest absolute Gasteiger partial charge is 0.306 e. The van der Waals surface area contributed by atoms with E-state index in [0.29, 0.717) is 31.8 Å². The van der Waals surface area contributed by atoms with Gasteiger partial charge in [0.25, 0.3) is 0 Å². The molecule has 0 aromatic heterocycles. The molecule has 4 heteroatoms. The van der Waals surface area contributed by atoms with E-state index in [1.807, 2.05) is 4.90 Å². The first-order valence-corrected chi connectivity index (χ1v) is 7.47. The van der Waals surface area contributed by atoms with E-state index in [1.54, 1.807) is 0 Å². The molecule has 2 fully saturated rings. The molecule has 19 heavy (non-hydrogen) atoms. The summed E-state index contributed by atoms with van der Waals surface area (Å²) in [5, 5.41) is 9.00. The summed E-state index contributed by atoms with van der Waals surface area (Å²) in [6.07, 6.45) is 5.39. The van der Waals surface area contributed by atoms with Crippen LogP contribution in [0.1, 0.15) is 52.4 Å². The van der Waals surface area contributed by atoms with Crippen LogP contribution in [-0.2, 0) is 9.59 Å². The van der Waals surface area contributed by atoms with Crippen LogP contribution in [0.15, 0.2) is 0 Å². The molecule has 1 aliphatic carbocycles. The Morgan fingerprint density at radius 1 is 1.26 bits per heavy atom. The summed E-state index contributed by atoms with van der Waals surface area (Å²) in [5.74, 6) is -0.142. The van der Waals surface area contributed by atoms with E-state index in [2.05, 4.69) is 13.8 Å². The number of carbonyl (C=O) groups excluding carboxylic acids is 1. The van der Waals surface area contributed by atoms with Gasteiger partial charge in [-0.15, -0.1) is 0 Å². The van der Waals surface area contributed by atoms with Crippen LogP contribution >= 0.6 is 0 Å². The Kier molecular flexibility index (Phi) is 4.16. The lowest BCUT2D eigenvalue weighted by Gasteiger charge is -2.46. The predicted octanol–water partition coefficient (Wildman–Crippen LogP) is 2.53. The maximum absolute atomic E-state index is 12.7. The van der Waals surface area contributed by atoms with Crippen molar-refractivity contribution in [2.24, 2.45) is 17.3 Å². The number of nitrogens with zero attached hydrogens (tertiary/aromatic N) is 1. The maximum Gasteiger partial charge on any atom is 0.306 e. The van der Waals surface area contributed by atoms with Crippen molar-refractivity contribution in [1.29, 1.82) is 0 Å². The Morgan fingerprint density at radius 3 is 2.21 bits per heavy atom. The molecular formula is C15H25NO3. The number of aliphatic carboxylic acids is 1. The second-order valence-electron chi connectivity index (χ2n) is 6.64. The Balaban J connectivity index is 1.95. The summed E-state index contributed by atoms with van der Waals surface area (Å²) in [4.78, 5) is 25.5. The van der Waals surface area contributed by atoms with Crippen LogP contribution in [0.3, 0.4) is 0 Å². The van der Waals surface area contributed by atoms with Crippen molar-refractivity contribution in [3.05, 3.63) is 0 Å². The van der Waals surface area contributed by atoms with Crippen LogP contribution < -0.4 is 0 Å². The molecule has 1 saturated heterocycles. The summed E-state index contributed by atoms with van der Waals surface area (Å²) in [5.41, 5.74) is -0.121. The van der Waals surface area contributed by atoms with Gasteiger partial charge in [0, 0.05) is 18.5 Å². The fourth-order valence-electron chi connectivity index (χ4n) is 3.56. The van der Waals surface area contributed by atoms with E-state index in [4.69, 9.17) is 5.11 Å². The Hall–Kier alpha value is -1.06. The van der Waals surface area contributed by atoms with Gasteiger partial charge in [-0.05, 0) is 38.0 Å². The van der Waals surface area contributed by atoms with Crippen LogP contribution in [0.4, 0.5) is 0 Å². The number of hydrogen-bond donors (Lipinski definition) is 1. The standard InChI is InChI=1S/C15H25NO3/c1-11(2)10-15(6-3-7-15)14(19)16-8-4-12(5-9-16)13(17)18/h11-12H,3-10H2,1-2H3,(H,17,18). The Bertz CT molecular complexity index is 352. The number of carbonyl (C=O) groups is 2. The fraction of sp³-hybridized carbons (Fsp3) is 0.867. The highest BCUT2D eigenvalue weighted by molar-refractivity contribution is 5.84. The van der Waals surface area contributed by atoms with Gasteiger partial charge in [0.1, 0.15) is 0 Å². The zero-order chi connectivity index (χ0) is 14.0. The van der Waals surface area contributed by atoms with Gasteiger partial charge < -0.3 is 10.0 Å². The average Bonchev–Trinajstić information content (AvgIpc) is 2.33. The van der Waals surface area contributed by atoms with Gasteiger partial charge in [0.15, 0.2) is 0 Å². The highest BCUT2D eigenvalue weighted by Gasteiger charge is 2.46. The summed E-state index contributed by atoms with van der Waals surface area (Å²) >= 11 is 0. The van der Waals surface area contributed by atoms with Gasteiger partial charge in [0.2, 0.25) is 5.91 Å². The third kappa shape index (κ3) is 2.93. The van der Waals surface area contributed by atoms with Crippen molar-refractivity contribution in [3.63, 3.8) is 0 Å². The van der Waals surface area contributed by atoms with Gasteiger partial charge in [-0.2, -0.15) is 0 Å². The molecule has 0 atom stereocenters. The van der Waals surface area contributed by atoms with E-state index >= 15 is 0 Å². The van der Waals surface area contributed by atoms with Crippen molar-refractivity contribution in [2.75, 3.05) is 13.1 Å². The van der Waals surface area contributed by atoms with Gasteiger partial charge in [-0.25, -0.2) is 0 Å². The Labute approximate surface area is 115 Å². The molecule has 0 radical (unpaired) electrons. The number of carboxylic acids is 1. The molecule has 1 aliphatic heterocycles. The second-order valence-corrected chi connectivity index (χ2v) is 6.64. The van der Waals surface area contributed by atoms with Gasteiger partial charge in [-0.3, -0.25) is 9.59 Å². The number of rotatable bonds is 4. The predicted molar refractivity (Wildman–Crippen MR) is 72.7 cm³/mol. The lowest BCUT2D eigenvalue weighted by Crippen LogP contribution is -2.51. The molecule has 1 heterocycles. The van der Waals surface area contributed by atoms with Crippen LogP contribution in [0.5, 0.6) is 0 Å². The second kappa shape index (κ2) is 5.51.